The third-order valence-corrected chi connectivity index (χ3v) is 14.1. The number of para-hydroxylation sites is 1. The van der Waals surface area contributed by atoms with E-state index in [4.69, 9.17) is 15.0 Å². The van der Waals surface area contributed by atoms with Crippen LogP contribution in [-0.4, -0.2) is 19.5 Å². The van der Waals surface area contributed by atoms with Gasteiger partial charge in [0.15, 0.2) is 17.5 Å². The molecule has 0 N–H and O–H groups in total. The first-order chi connectivity index (χ1) is 32.0. The summed E-state index contributed by atoms with van der Waals surface area (Å²) < 4.78 is 2.48. The van der Waals surface area contributed by atoms with Crippen molar-refractivity contribution >= 4 is 21.8 Å². The zero-order valence-corrected chi connectivity index (χ0v) is 36.1. The Morgan fingerprint density at radius 3 is 1.58 bits per heavy atom. The largest absolute Gasteiger partial charge is 0.309 e. The molecule has 0 amide bonds. The normalized spacial score (nSPS) is 15.4. The van der Waals surface area contributed by atoms with Crippen molar-refractivity contribution in [2.45, 2.75) is 24.7 Å². The number of rotatable bonds is 5. The SMILES string of the molecule is CC1(C)c2ccccc2C2(c3ccccc3-c3cc4c5ccccc5n(-c5cccc(-c6ccccc6)c5)c4cc32)c2cc(-c3nc(-c4ccccc4)nc(-c4ccccc4)n3)ccc21. The number of aromatic nitrogens is 4. The molecule has 4 heteroatoms. The minimum absolute atomic E-state index is 0.298. The van der Waals surface area contributed by atoms with E-state index < -0.39 is 5.41 Å². The second kappa shape index (κ2) is 14.2. The molecule has 0 aliphatic heterocycles. The quantitative estimate of drug-likeness (QED) is 0.174. The van der Waals surface area contributed by atoms with E-state index in [9.17, 15) is 0 Å². The molecule has 0 bridgehead atoms. The van der Waals surface area contributed by atoms with Crippen LogP contribution < -0.4 is 0 Å². The van der Waals surface area contributed by atoms with E-state index in [0.717, 1.165) is 22.4 Å². The van der Waals surface area contributed by atoms with Crippen LogP contribution in [0.5, 0.6) is 0 Å². The zero-order valence-electron chi connectivity index (χ0n) is 36.1. The van der Waals surface area contributed by atoms with Gasteiger partial charge in [0.1, 0.15) is 0 Å². The predicted molar refractivity (Wildman–Crippen MR) is 265 cm³/mol. The fraction of sp³-hybridized carbons (Fsp3) is 0.0656. The molecule has 2 heterocycles. The average molecular weight is 831 g/mol. The molecule has 2 aromatic heterocycles. The highest BCUT2D eigenvalue weighted by atomic mass is 15.0. The van der Waals surface area contributed by atoms with Gasteiger partial charge in [-0.1, -0.05) is 196 Å². The Labute approximate surface area is 378 Å². The Hall–Kier alpha value is -8.21. The highest BCUT2D eigenvalue weighted by molar-refractivity contribution is 6.12. The summed E-state index contributed by atoms with van der Waals surface area (Å²) >= 11 is 0. The molecule has 13 rings (SSSR count). The lowest BCUT2D eigenvalue weighted by molar-refractivity contribution is 0.563. The topological polar surface area (TPSA) is 43.6 Å². The number of hydrogen-bond donors (Lipinski definition) is 0. The van der Waals surface area contributed by atoms with Gasteiger partial charge in [-0.2, -0.15) is 0 Å². The first-order valence-electron chi connectivity index (χ1n) is 22.4. The summed E-state index contributed by atoms with van der Waals surface area (Å²) in [6, 6.07) is 79.3. The van der Waals surface area contributed by atoms with Gasteiger partial charge in [0.25, 0.3) is 0 Å². The predicted octanol–water partition coefficient (Wildman–Crippen LogP) is 14.6. The van der Waals surface area contributed by atoms with Crippen LogP contribution in [0.15, 0.2) is 218 Å². The summed E-state index contributed by atoms with van der Waals surface area (Å²) in [5.74, 6) is 1.94. The Morgan fingerprint density at radius 2 is 0.877 bits per heavy atom. The van der Waals surface area contributed by atoms with E-state index >= 15 is 0 Å². The van der Waals surface area contributed by atoms with Crippen molar-refractivity contribution in [1.82, 2.24) is 19.5 Å². The highest BCUT2D eigenvalue weighted by Gasteiger charge is 2.53. The van der Waals surface area contributed by atoms with Gasteiger partial charge in [-0.25, -0.2) is 15.0 Å². The molecule has 2 aliphatic rings. The number of hydrogen-bond acceptors (Lipinski definition) is 3. The van der Waals surface area contributed by atoms with Crippen LogP contribution >= 0.6 is 0 Å². The minimum atomic E-state index is -0.651. The van der Waals surface area contributed by atoms with E-state index in [2.05, 4.69) is 200 Å². The lowest BCUT2D eigenvalue weighted by atomic mass is 9.55. The highest BCUT2D eigenvalue weighted by Crippen LogP contribution is 2.63. The Bertz CT molecular complexity index is 3620. The van der Waals surface area contributed by atoms with E-state index in [1.807, 2.05) is 36.4 Å². The van der Waals surface area contributed by atoms with Crippen LogP contribution in [0.25, 0.3) is 83.9 Å². The van der Waals surface area contributed by atoms with Gasteiger partial charge in [-0.05, 0) is 92.0 Å². The first kappa shape index (κ1) is 37.4. The third-order valence-electron chi connectivity index (χ3n) is 14.1. The van der Waals surface area contributed by atoms with Crippen molar-refractivity contribution in [1.29, 1.82) is 0 Å². The first-order valence-corrected chi connectivity index (χ1v) is 22.4. The number of benzene rings is 9. The van der Waals surface area contributed by atoms with Gasteiger partial charge in [0.2, 0.25) is 0 Å². The van der Waals surface area contributed by atoms with Crippen LogP contribution in [-0.2, 0) is 10.8 Å². The lowest BCUT2D eigenvalue weighted by Gasteiger charge is -2.46. The van der Waals surface area contributed by atoms with Crippen LogP contribution in [0.2, 0.25) is 0 Å². The van der Waals surface area contributed by atoms with E-state index in [1.165, 1.54) is 77.4 Å². The summed E-state index contributed by atoms with van der Waals surface area (Å²) in [4.78, 5) is 15.5. The molecule has 65 heavy (non-hydrogen) atoms. The van der Waals surface area contributed by atoms with Gasteiger partial charge in [0.05, 0.1) is 16.4 Å². The maximum atomic E-state index is 5.25. The summed E-state index contributed by atoms with van der Waals surface area (Å²) in [6.45, 7) is 4.76. The molecule has 0 fully saturated rings. The third kappa shape index (κ3) is 5.47. The van der Waals surface area contributed by atoms with Crippen molar-refractivity contribution in [3.63, 3.8) is 0 Å². The smallest absolute Gasteiger partial charge is 0.164 e. The molecule has 0 saturated carbocycles. The van der Waals surface area contributed by atoms with Crippen LogP contribution in [0.3, 0.4) is 0 Å². The van der Waals surface area contributed by atoms with Gasteiger partial charge in [-0.3, -0.25) is 0 Å². The van der Waals surface area contributed by atoms with Gasteiger partial charge < -0.3 is 4.57 Å². The molecule has 9 aromatic carbocycles. The number of nitrogens with zero attached hydrogens (tertiary/aromatic N) is 4. The molecule has 0 radical (unpaired) electrons. The van der Waals surface area contributed by atoms with Gasteiger partial charge in [0, 0.05) is 38.6 Å². The fourth-order valence-electron chi connectivity index (χ4n) is 11.2. The van der Waals surface area contributed by atoms with Crippen molar-refractivity contribution in [2.75, 3.05) is 0 Å². The molecular formula is C61H42N4. The van der Waals surface area contributed by atoms with Crippen LogP contribution in [0, 0.1) is 0 Å². The zero-order chi connectivity index (χ0) is 43.3. The summed E-state index contributed by atoms with van der Waals surface area (Å²) in [5.41, 5.74) is 18.1. The summed E-state index contributed by atoms with van der Waals surface area (Å²) in [5, 5.41) is 2.47. The van der Waals surface area contributed by atoms with Crippen molar-refractivity contribution in [3.05, 3.63) is 252 Å². The molecule has 306 valence electrons. The monoisotopic (exact) mass is 830 g/mol. The Morgan fingerprint density at radius 1 is 0.323 bits per heavy atom. The minimum Gasteiger partial charge on any atom is -0.309 e. The fourth-order valence-corrected chi connectivity index (χ4v) is 11.2. The Balaban J connectivity index is 1.12. The molecule has 4 nitrogen and oxygen atoms in total. The van der Waals surface area contributed by atoms with Gasteiger partial charge >= 0.3 is 0 Å². The molecule has 0 saturated heterocycles. The second-order valence-electron chi connectivity index (χ2n) is 17.9. The molecule has 1 spiro atoms. The van der Waals surface area contributed by atoms with E-state index in [-0.39, 0.29) is 5.41 Å². The molecule has 2 aliphatic carbocycles. The van der Waals surface area contributed by atoms with Crippen molar-refractivity contribution in [2.24, 2.45) is 0 Å². The lowest BCUT2D eigenvalue weighted by Crippen LogP contribution is -2.40. The Kier molecular flexibility index (Phi) is 8.13. The molecule has 1 atom stereocenters. The second-order valence-corrected chi connectivity index (χ2v) is 17.9. The van der Waals surface area contributed by atoms with E-state index in [1.54, 1.807) is 0 Å². The maximum Gasteiger partial charge on any atom is 0.164 e. The summed E-state index contributed by atoms with van der Waals surface area (Å²) in [6.07, 6.45) is 0. The van der Waals surface area contributed by atoms with Crippen LogP contribution in [0.4, 0.5) is 0 Å². The average Bonchev–Trinajstić information content (AvgIpc) is 3.85. The standard InChI is InChI=1S/C61H42N4/c1-60(2)50-30-15-16-31-52(50)61(54-36-43(33-34-51(54)60)59-63-57(40-21-8-4-9-22-40)62-58(64-59)41-23-10-5-11-24-41)49-29-14-12-27-45(49)47-37-48-46-28-13-17-32-55(46)65(56(48)38-53(47)61)44-26-18-25-42(35-44)39-19-6-3-7-20-39/h3-38H,1-2H3. The van der Waals surface area contributed by atoms with Gasteiger partial charge in [-0.15, -0.1) is 0 Å². The molecule has 1 unspecified atom stereocenters. The maximum absolute atomic E-state index is 5.25. The number of fused-ring (bicyclic) bond motifs is 12. The van der Waals surface area contributed by atoms with Crippen molar-refractivity contribution in [3.8, 4) is 62.1 Å². The van der Waals surface area contributed by atoms with Crippen molar-refractivity contribution < 1.29 is 0 Å². The van der Waals surface area contributed by atoms with E-state index in [0.29, 0.717) is 17.5 Å². The molecular weight excluding hydrogens is 789 g/mol. The van der Waals surface area contributed by atoms with Crippen LogP contribution in [0.1, 0.15) is 47.2 Å². The molecule has 11 aromatic rings. The summed E-state index contributed by atoms with van der Waals surface area (Å²) in [7, 11) is 0.